The van der Waals surface area contributed by atoms with E-state index in [0.717, 1.165) is 0 Å². The molecule has 2 atom stereocenters. The summed E-state index contributed by atoms with van der Waals surface area (Å²) in [6.45, 7) is 1.28. The van der Waals surface area contributed by atoms with Crippen molar-refractivity contribution in [2.75, 3.05) is 48.0 Å². The van der Waals surface area contributed by atoms with E-state index in [2.05, 4.69) is 20.0 Å². The van der Waals surface area contributed by atoms with Crippen molar-refractivity contribution in [3.8, 4) is 11.4 Å². The minimum absolute atomic E-state index is 0.0257. The number of benzene rings is 2. The number of aliphatic hydroxyl groups is 1. The number of carbonyl (C=O) groups is 3. The number of anilines is 3. The first kappa shape index (κ1) is 24.4. The van der Waals surface area contributed by atoms with E-state index >= 15 is 0 Å². The normalized spacial score (nSPS) is 19.1. The van der Waals surface area contributed by atoms with Crippen molar-refractivity contribution in [3.05, 3.63) is 59.1 Å². The molecule has 37 heavy (non-hydrogen) atoms. The number of aromatic nitrogens is 2. The van der Waals surface area contributed by atoms with Crippen molar-refractivity contribution < 1.29 is 33.5 Å². The van der Waals surface area contributed by atoms with E-state index in [1.807, 2.05) is 0 Å². The van der Waals surface area contributed by atoms with E-state index in [1.54, 1.807) is 53.4 Å². The Bertz CT molecular complexity index is 1350. The molecule has 2 fully saturated rings. The van der Waals surface area contributed by atoms with Crippen molar-refractivity contribution in [2.24, 2.45) is 0 Å². The molecule has 3 N–H and O–H groups in total. The molecule has 0 spiro atoms. The minimum atomic E-state index is -1.76. The molecule has 13 heteroatoms. The topological polar surface area (TPSA) is 167 Å². The first-order valence-electron chi connectivity index (χ1n) is 11.5. The molecule has 0 aliphatic carbocycles. The summed E-state index contributed by atoms with van der Waals surface area (Å²) < 4.78 is 15.1. The summed E-state index contributed by atoms with van der Waals surface area (Å²) in [7, 11) is 0. The largest absolute Gasteiger partial charge is 0.439 e. The lowest BCUT2D eigenvalue weighted by atomic mass is 10.1. The van der Waals surface area contributed by atoms with Gasteiger partial charge in [-0.15, -0.1) is 0 Å². The van der Waals surface area contributed by atoms with Crippen LogP contribution in [0.3, 0.4) is 0 Å². The van der Waals surface area contributed by atoms with Gasteiger partial charge in [-0.25, -0.2) is 4.79 Å². The number of morpholine rings is 2. The van der Waals surface area contributed by atoms with Crippen LogP contribution in [-0.2, 0) is 23.9 Å². The van der Waals surface area contributed by atoms with Gasteiger partial charge < -0.3 is 29.7 Å². The zero-order valence-electron chi connectivity index (χ0n) is 19.5. The highest BCUT2D eigenvalue weighted by Crippen LogP contribution is 2.25. The smallest absolute Gasteiger partial charge is 0.380 e. The van der Waals surface area contributed by atoms with Crippen LogP contribution < -0.4 is 20.9 Å². The summed E-state index contributed by atoms with van der Waals surface area (Å²) >= 11 is 0. The van der Waals surface area contributed by atoms with E-state index in [9.17, 15) is 24.3 Å². The highest BCUT2D eigenvalue weighted by molar-refractivity contribution is 6.04. The maximum atomic E-state index is 13.1. The van der Waals surface area contributed by atoms with Gasteiger partial charge in [0.2, 0.25) is 0 Å². The highest BCUT2D eigenvalue weighted by atomic mass is 16.5. The molecule has 2 aliphatic rings. The van der Waals surface area contributed by atoms with Gasteiger partial charge in [0.25, 0.3) is 17.7 Å². The number of ether oxygens (including phenoxy) is 2. The number of rotatable bonds is 6. The molecule has 3 amide bonds. The zero-order valence-corrected chi connectivity index (χ0v) is 19.5. The van der Waals surface area contributed by atoms with Gasteiger partial charge in [0.15, 0.2) is 18.0 Å². The average molecular weight is 509 g/mol. The number of nitrogens with zero attached hydrogens (tertiary/aromatic N) is 3. The van der Waals surface area contributed by atoms with Gasteiger partial charge in [-0.1, -0.05) is 5.16 Å². The lowest BCUT2D eigenvalue weighted by molar-refractivity contribution is -0.150. The second-order valence-corrected chi connectivity index (χ2v) is 8.35. The fraction of sp³-hybridized carbons (Fsp3) is 0.292. The fourth-order valence-electron chi connectivity index (χ4n) is 4.11. The molecule has 0 saturated carbocycles. The first-order valence-corrected chi connectivity index (χ1v) is 11.5. The molecule has 0 unspecified atom stereocenters. The Balaban J connectivity index is 1.23. The van der Waals surface area contributed by atoms with Crippen LogP contribution in [0.5, 0.6) is 0 Å². The van der Waals surface area contributed by atoms with Crippen molar-refractivity contribution in [3.63, 3.8) is 0 Å². The van der Waals surface area contributed by atoms with Crippen molar-refractivity contribution in [1.29, 1.82) is 0 Å². The van der Waals surface area contributed by atoms with Gasteiger partial charge in [-0.05, 0) is 48.5 Å². The fourth-order valence-corrected chi connectivity index (χ4v) is 4.11. The Morgan fingerprint density at radius 1 is 1.00 bits per heavy atom. The molecule has 3 heterocycles. The molecule has 192 valence electrons. The summed E-state index contributed by atoms with van der Waals surface area (Å²) in [4.78, 5) is 54.4. The number of aliphatic hydroxyl groups excluding tert-OH is 1. The third-order valence-corrected chi connectivity index (χ3v) is 6.00. The van der Waals surface area contributed by atoms with E-state index in [4.69, 9.17) is 9.47 Å². The minimum Gasteiger partial charge on any atom is -0.380 e. The molecule has 5 rings (SSSR count). The first-order chi connectivity index (χ1) is 17.9. The number of amides is 3. The van der Waals surface area contributed by atoms with Gasteiger partial charge in [0.05, 0.1) is 13.2 Å². The van der Waals surface area contributed by atoms with Crippen LogP contribution in [0.25, 0.3) is 11.4 Å². The Hall–Kier alpha value is -4.33. The predicted molar refractivity (Wildman–Crippen MR) is 129 cm³/mol. The van der Waals surface area contributed by atoms with Crippen LogP contribution in [-0.4, -0.2) is 78.1 Å². The molecular formula is C24H23N5O8. The summed E-state index contributed by atoms with van der Waals surface area (Å²) in [5.41, 5.74) is 2.15. The van der Waals surface area contributed by atoms with E-state index in [1.165, 1.54) is 4.90 Å². The molecule has 2 aliphatic heterocycles. The van der Waals surface area contributed by atoms with Crippen LogP contribution >= 0.6 is 0 Å². The van der Waals surface area contributed by atoms with Crippen molar-refractivity contribution in [2.45, 2.75) is 12.2 Å². The molecule has 2 saturated heterocycles. The van der Waals surface area contributed by atoms with Gasteiger partial charge in [0, 0.05) is 35.7 Å². The number of hydrogen-bond donors (Lipinski definition) is 3. The number of nitrogens with one attached hydrogen (secondary N) is 2. The molecular weight excluding hydrogens is 486 g/mol. The molecule has 0 radical (unpaired) electrons. The third-order valence-electron chi connectivity index (χ3n) is 6.00. The van der Waals surface area contributed by atoms with E-state index in [-0.39, 0.29) is 31.5 Å². The highest BCUT2D eigenvalue weighted by Gasteiger charge is 2.39. The number of hydrogen-bond acceptors (Lipinski definition) is 9. The lowest BCUT2D eigenvalue weighted by Gasteiger charge is -2.34. The average Bonchev–Trinajstić information content (AvgIpc) is 3.35. The summed E-state index contributed by atoms with van der Waals surface area (Å²) in [5, 5.41) is 16.7. The lowest BCUT2D eigenvalue weighted by Crippen LogP contribution is -2.55. The Morgan fingerprint density at radius 3 is 2.32 bits per heavy atom. The van der Waals surface area contributed by atoms with Crippen LogP contribution in [0, 0.1) is 0 Å². The third kappa shape index (κ3) is 5.14. The quantitative estimate of drug-likeness (QED) is 0.418. The van der Waals surface area contributed by atoms with E-state index in [0.29, 0.717) is 35.8 Å². The van der Waals surface area contributed by atoms with E-state index < -0.39 is 29.8 Å². The van der Waals surface area contributed by atoms with Crippen LogP contribution in [0.15, 0.2) is 57.8 Å². The maximum Gasteiger partial charge on any atom is 0.439 e. The molecule has 2 aromatic carbocycles. The van der Waals surface area contributed by atoms with Crippen molar-refractivity contribution >= 4 is 34.8 Å². The van der Waals surface area contributed by atoms with Gasteiger partial charge in [0.1, 0.15) is 6.61 Å². The second-order valence-electron chi connectivity index (χ2n) is 8.35. The standard InChI is InChI=1S/C24H23N5O8/c30-18-13-35-11-9-28(18)16-5-7-17(8-6-16)29-10-12-36-20(23(29)33)19(31)22(32)25-15-3-1-14(2-4-15)21-26-24(34)37-27-21/h1-8,19-20,31H,9-13H2,(H,25,32)(H,26,27,34)/t19-,20-/m1/s1. The number of aromatic amines is 1. The van der Waals surface area contributed by atoms with Crippen molar-refractivity contribution in [1.82, 2.24) is 10.1 Å². The summed E-state index contributed by atoms with van der Waals surface area (Å²) in [6.07, 6.45) is -3.15. The summed E-state index contributed by atoms with van der Waals surface area (Å²) in [5.74, 6) is -1.98. The Morgan fingerprint density at radius 2 is 1.68 bits per heavy atom. The molecule has 3 aromatic rings. The summed E-state index contributed by atoms with van der Waals surface area (Å²) in [6, 6.07) is 13.1. The second kappa shape index (κ2) is 10.3. The van der Waals surface area contributed by atoms with Crippen LogP contribution in [0.1, 0.15) is 0 Å². The Labute approximate surface area is 209 Å². The van der Waals surface area contributed by atoms with Crippen LogP contribution in [0.2, 0.25) is 0 Å². The molecule has 1 aromatic heterocycles. The molecule has 0 bridgehead atoms. The predicted octanol–water partition coefficient (Wildman–Crippen LogP) is 0.124. The number of carbonyl (C=O) groups excluding carboxylic acids is 3. The van der Waals surface area contributed by atoms with Gasteiger partial charge in [-0.2, -0.15) is 0 Å². The maximum absolute atomic E-state index is 13.1. The molecule has 13 nitrogen and oxygen atoms in total. The van der Waals surface area contributed by atoms with Gasteiger partial charge in [-0.3, -0.25) is 23.9 Å². The SMILES string of the molecule is O=C(Nc1ccc(-c2noc(=O)[nH]2)cc1)[C@H](O)[C@H]1OCCN(c2ccc(N3CCOCC3=O)cc2)C1=O. The Kier molecular flexibility index (Phi) is 6.81. The monoisotopic (exact) mass is 509 g/mol. The number of H-pyrrole nitrogens is 1. The van der Waals surface area contributed by atoms with Gasteiger partial charge >= 0.3 is 5.76 Å². The van der Waals surface area contributed by atoms with Crippen LogP contribution in [0.4, 0.5) is 17.1 Å². The zero-order chi connectivity index (χ0) is 25.9.